The number of rotatable bonds is 7. The zero-order valence-electron chi connectivity index (χ0n) is 15.9. The van der Waals surface area contributed by atoms with Crippen LogP contribution in [-0.4, -0.2) is 36.7 Å². The van der Waals surface area contributed by atoms with Gasteiger partial charge in [0.05, 0.1) is 19.2 Å². The Bertz CT molecular complexity index is 1060. The van der Waals surface area contributed by atoms with Gasteiger partial charge in [0.2, 0.25) is 5.91 Å². The molecule has 0 aliphatic carbocycles. The molecule has 1 aromatic heterocycles. The molecule has 0 bridgehead atoms. The van der Waals surface area contributed by atoms with E-state index >= 15 is 0 Å². The molecule has 3 aromatic rings. The number of benzene rings is 2. The standard InChI is InChI=1S/C20H19N3O6/c1-12(24)21-13-7-8-18(27-2)16(9-13)22-19(25)11-28-20(26)10-15-14-5-3-4-6-17(14)29-23-15/h3-9H,10-11H2,1-2H3,(H,21,24)(H,22,25). The van der Waals surface area contributed by atoms with Crippen LogP contribution in [0.2, 0.25) is 0 Å². The number of anilines is 2. The summed E-state index contributed by atoms with van der Waals surface area (Å²) in [5, 5.41) is 9.78. The van der Waals surface area contributed by atoms with Crippen LogP contribution in [0.25, 0.3) is 11.0 Å². The van der Waals surface area contributed by atoms with Crippen molar-refractivity contribution >= 4 is 40.1 Å². The smallest absolute Gasteiger partial charge is 0.312 e. The fourth-order valence-electron chi connectivity index (χ4n) is 2.67. The summed E-state index contributed by atoms with van der Waals surface area (Å²) >= 11 is 0. The Morgan fingerprint density at radius 2 is 1.90 bits per heavy atom. The summed E-state index contributed by atoms with van der Waals surface area (Å²) in [5.74, 6) is -1.02. The Labute approximate surface area is 166 Å². The second-order valence-electron chi connectivity index (χ2n) is 6.11. The largest absolute Gasteiger partial charge is 0.495 e. The van der Waals surface area contributed by atoms with Gasteiger partial charge in [0.25, 0.3) is 5.91 Å². The van der Waals surface area contributed by atoms with E-state index in [2.05, 4.69) is 15.8 Å². The Morgan fingerprint density at radius 3 is 2.66 bits per heavy atom. The van der Waals surface area contributed by atoms with Crippen LogP contribution in [0.5, 0.6) is 5.75 Å². The lowest BCUT2D eigenvalue weighted by Gasteiger charge is -2.12. The number of ether oxygens (including phenoxy) is 2. The molecule has 9 nitrogen and oxygen atoms in total. The van der Waals surface area contributed by atoms with Crippen LogP contribution in [0.4, 0.5) is 11.4 Å². The number of hydrogen-bond donors (Lipinski definition) is 2. The number of carbonyl (C=O) groups excluding carboxylic acids is 3. The summed E-state index contributed by atoms with van der Waals surface area (Å²) in [6.07, 6.45) is -0.119. The fraction of sp³-hybridized carbons (Fsp3) is 0.200. The second-order valence-corrected chi connectivity index (χ2v) is 6.11. The van der Waals surface area contributed by atoms with Gasteiger partial charge in [0.15, 0.2) is 12.2 Å². The van der Waals surface area contributed by atoms with Crippen LogP contribution in [0.1, 0.15) is 12.6 Å². The molecule has 1 heterocycles. The zero-order chi connectivity index (χ0) is 20.8. The van der Waals surface area contributed by atoms with Crippen molar-refractivity contribution in [1.82, 2.24) is 5.16 Å². The number of hydrogen-bond acceptors (Lipinski definition) is 7. The Kier molecular flexibility index (Phi) is 6.08. The Hall–Kier alpha value is -3.88. The number of methoxy groups -OCH3 is 1. The van der Waals surface area contributed by atoms with Crippen LogP contribution in [0.15, 0.2) is 47.0 Å². The van der Waals surface area contributed by atoms with Crippen molar-refractivity contribution in [3.63, 3.8) is 0 Å². The van der Waals surface area contributed by atoms with Crippen molar-refractivity contribution < 1.29 is 28.4 Å². The van der Waals surface area contributed by atoms with Crippen molar-refractivity contribution in [3.05, 3.63) is 48.2 Å². The van der Waals surface area contributed by atoms with Crippen LogP contribution in [0.3, 0.4) is 0 Å². The van der Waals surface area contributed by atoms with E-state index in [1.807, 2.05) is 6.07 Å². The molecule has 2 aromatic carbocycles. The van der Waals surface area contributed by atoms with Crippen LogP contribution in [0, 0.1) is 0 Å². The van der Waals surface area contributed by atoms with Crippen molar-refractivity contribution in [2.24, 2.45) is 0 Å². The summed E-state index contributed by atoms with van der Waals surface area (Å²) in [5.41, 5.74) is 1.83. The van der Waals surface area contributed by atoms with Crippen molar-refractivity contribution in [3.8, 4) is 5.75 Å². The molecule has 0 unspecified atom stereocenters. The van der Waals surface area contributed by atoms with Gasteiger partial charge in [-0.3, -0.25) is 14.4 Å². The number of nitrogens with one attached hydrogen (secondary N) is 2. The third-order valence-corrected chi connectivity index (χ3v) is 3.92. The third-order valence-electron chi connectivity index (χ3n) is 3.92. The van der Waals surface area contributed by atoms with Crippen molar-refractivity contribution in [1.29, 1.82) is 0 Å². The van der Waals surface area contributed by atoms with Crippen molar-refractivity contribution in [2.45, 2.75) is 13.3 Å². The number of fused-ring (bicyclic) bond motifs is 1. The molecular weight excluding hydrogens is 378 g/mol. The molecule has 2 N–H and O–H groups in total. The highest BCUT2D eigenvalue weighted by atomic mass is 16.5. The molecule has 29 heavy (non-hydrogen) atoms. The van der Waals surface area contributed by atoms with E-state index < -0.39 is 18.5 Å². The molecule has 9 heteroatoms. The molecule has 0 radical (unpaired) electrons. The van der Waals surface area contributed by atoms with E-state index in [-0.39, 0.29) is 12.3 Å². The van der Waals surface area contributed by atoms with Gasteiger partial charge in [0.1, 0.15) is 11.4 Å². The minimum absolute atomic E-state index is 0.119. The first kappa shape index (κ1) is 19.9. The maximum Gasteiger partial charge on any atom is 0.312 e. The number of carbonyl (C=O) groups is 3. The van der Waals surface area contributed by atoms with Gasteiger partial charge in [-0.2, -0.15) is 0 Å². The topological polar surface area (TPSA) is 120 Å². The summed E-state index contributed by atoms with van der Waals surface area (Å²) in [6.45, 7) is 0.891. The van der Waals surface area contributed by atoms with E-state index in [1.54, 1.807) is 36.4 Å². The van der Waals surface area contributed by atoms with Gasteiger partial charge in [0, 0.05) is 18.0 Å². The summed E-state index contributed by atoms with van der Waals surface area (Å²) in [7, 11) is 1.45. The molecule has 0 saturated carbocycles. The van der Waals surface area contributed by atoms with Crippen LogP contribution in [-0.2, 0) is 25.5 Å². The van der Waals surface area contributed by atoms with Gasteiger partial charge in [-0.25, -0.2) is 0 Å². The maximum absolute atomic E-state index is 12.2. The number of para-hydroxylation sites is 1. The van der Waals surface area contributed by atoms with E-state index in [9.17, 15) is 14.4 Å². The SMILES string of the molecule is COc1ccc(NC(C)=O)cc1NC(=O)COC(=O)Cc1noc2ccccc12. The predicted molar refractivity (Wildman–Crippen MR) is 105 cm³/mol. The first-order valence-corrected chi connectivity index (χ1v) is 8.70. The molecule has 0 atom stereocenters. The lowest BCUT2D eigenvalue weighted by molar-refractivity contribution is -0.146. The summed E-state index contributed by atoms with van der Waals surface area (Å²) in [6, 6.07) is 11.9. The molecule has 0 spiro atoms. The van der Waals surface area contributed by atoms with Gasteiger partial charge in [-0.05, 0) is 30.3 Å². The number of aromatic nitrogens is 1. The molecule has 0 saturated heterocycles. The van der Waals surface area contributed by atoms with E-state index in [1.165, 1.54) is 14.0 Å². The highest BCUT2D eigenvalue weighted by Gasteiger charge is 2.15. The van der Waals surface area contributed by atoms with Crippen molar-refractivity contribution in [2.75, 3.05) is 24.4 Å². The molecular formula is C20H19N3O6. The van der Waals surface area contributed by atoms with Gasteiger partial charge in [-0.15, -0.1) is 0 Å². The van der Waals surface area contributed by atoms with Crippen LogP contribution >= 0.6 is 0 Å². The third kappa shape index (κ3) is 5.10. The Morgan fingerprint density at radius 1 is 1.10 bits per heavy atom. The number of esters is 1. The minimum Gasteiger partial charge on any atom is -0.495 e. The van der Waals surface area contributed by atoms with Gasteiger partial charge in [-0.1, -0.05) is 17.3 Å². The minimum atomic E-state index is -0.613. The molecule has 0 fully saturated rings. The summed E-state index contributed by atoms with van der Waals surface area (Å²) in [4.78, 5) is 35.4. The maximum atomic E-state index is 12.2. The number of amides is 2. The lowest BCUT2D eigenvalue weighted by Crippen LogP contribution is -2.22. The lowest BCUT2D eigenvalue weighted by atomic mass is 10.2. The summed E-state index contributed by atoms with van der Waals surface area (Å²) < 4.78 is 15.4. The molecule has 0 aliphatic heterocycles. The van der Waals surface area contributed by atoms with E-state index in [0.29, 0.717) is 33.8 Å². The van der Waals surface area contributed by atoms with E-state index in [4.69, 9.17) is 14.0 Å². The second kappa shape index (κ2) is 8.87. The first-order chi connectivity index (χ1) is 14.0. The first-order valence-electron chi connectivity index (χ1n) is 8.70. The molecule has 3 rings (SSSR count). The predicted octanol–water partition coefficient (Wildman–Crippen LogP) is 2.52. The Balaban J connectivity index is 1.58. The van der Waals surface area contributed by atoms with Gasteiger partial charge >= 0.3 is 5.97 Å². The molecule has 150 valence electrons. The average molecular weight is 397 g/mol. The van der Waals surface area contributed by atoms with Gasteiger partial charge < -0.3 is 24.6 Å². The highest BCUT2D eigenvalue weighted by Crippen LogP contribution is 2.27. The van der Waals surface area contributed by atoms with Crippen LogP contribution < -0.4 is 15.4 Å². The average Bonchev–Trinajstić information content (AvgIpc) is 3.09. The normalized spacial score (nSPS) is 10.4. The molecule has 0 aliphatic rings. The quantitative estimate of drug-likeness (QED) is 0.588. The van der Waals surface area contributed by atoms with E-state index in [0.717, 1.165) is 0 Å². The molecule has 2 amide bonds. The fourth-order valence-corrected chi connectivity index (χ4v) is 2.67. The highest BCUT2D eigenvalue weighted by molar-refractivity contribution is 5.96. The number of nitrogens with zero attached hydrogens (tertiary/aromatic N) is 1. The zero-order valence-corrected chi connectivity index (χ0v) is 15.9. The monoisotopic (exact) mass is 397 g/mol.